The van der Waals surface area contributed by atoms with E-state index in [1.807, 2.05) is 0 Å². The molecule has 0 spiro atoms. The van der Waals surface area contributed by atoms with Crippen molar-refractivity contribution in [2.75, 3.05) is 4.90 Å². The maximum atomic E-state index is 2.41. The predicted octanol–water partition coefficient (Wildman–Crippen LogP) is 15.6. The molecule has 1 aromatic heterocycles. The van der Waals surface area contributed by atoms with E-state index in [1.165, 1.54) is 83.1 Å². The van der Waals surface area contributed by atoms with E-state index in [9.17, 15) is 0 Å². The summed E-state index contributed by atoms with van der Waals surface area (Å²) in [4.78, 5) is 2.41. The van der Waals surface area contributed by atoms with Crippen LogP contribution in [-0.4, -0.2) is 4.57 Å². The van der Waals surface area contributed by atoms with Crippen LogP contribution in [0.2, 0.25) is 0 Å². The Balaban J connectivity index is 0.945. The maximum Gasteiger partial charge on any atom is 0.0541 e. The second-order valence-electron chi connectivity index (χ2n) is 16.2. The van der Waals surface area contributed by atoms with Crippen molar-refractivity contribution in [1.29, 1.82) is 0 Å². The molecule has 2 nitrogen and oxygen atoms in total. The minimum Gasteiger partial charge on any atom is -0.310 e. The highest BCUT2D eigenvalue weighted by atomic mass is 15.1. The number of aromatic nitrogens is 1. The highest BCUT2D eigenvalue weighted by molar-refractivity contribution is 6.10. The molecule has 0 atom stereocenters. The molecule has 0 radical (unpaired) electrons. The second kappa shape index (κ2) is 13.9. The van der Waals surface area contributed by atoms with Crippen molar-refractivity contribution in [3.05, 3.63) is 230 Å². The molecule has 0 fully saturated rings. The number of rotatable bonds is 7. The Kier molecular flexibility index (Phi) is 8.20. The number of fused-ring (bicyclic) bond motifs is 6. The predicted molar refractivity (Wildman–Crippen MR) is 249 cm³/mol. The first-order valence-corrected chi connectivity index (χ1v) is 20.5. The zero-order valence-corrected chi connectivity index (χ0v) is 33.2. The van der Waals surface area contributed by atoms with Crippen molar-refractivity contribution in [2.24, 2.45) is 0 Å². The van der Waals surface area contributed by atoms with E-state index < -0.39 is 0 Å². The zero-order chi connectivity index (χ0) is 39.5. The van der Waals surface area contributed by atoms with Crippen molar-refractivity contribution >= 4 is 38.9 Å². The molecule has 280 valence electrons. The third-order valence-electron chi connectivity index (χ3n) is 12.4. The summed E-state index contributed by atoms with van der Waals surface area (Å²) in [5.74, 6) is 0. The molecule has 0 N–H and O–H groups in total. The van der Waals surface area contributed by atoms with Crippen molar-refractivity contribution in [1.82, 2.24) is 4.57 Å². The van der Waals surface area contributed by atoms with Crippen molar-refractivity contribution in [3.63, 3.8) is 0 Å². The molecule has 1 heterocycles. The molecular weight excluding hydrogens is 713 g/mol. The van der Waals surface area contributed by atoms with Crippen LogP contribution in [0.5, 0.6) is 0 Å². The summed E-state index contributed by atoms with van der Waals surface area (Å²) in [6.45, 7) is 4.70. The average Bonchev–Trinajstić information content (AvgIpc) is 3.75. The van der Waals surface area contributed by atoms with Gasteiger partial charge < -0.3 is 9.47 Å². The van der Waals surface area contributed by atoms with Crippen LogP contribution in [-0.2, 0) is 5.41 Å². The van der Waals surface area contributed by atoms with Crippen LogP contribution >= 0.6 is 0 Å². The number of anilines is 3. The number of benzene rings is 9. The van der Waals surface area contributed by atoms with Gasteiger partial charge >= 0.3 is 0 Å². The van der Waals surface area contributed by atoms with E-state index in [1.54, 1.807) is 0 Å². The van der Waals surface area contributed by atoms with E-state index in [0.717, 1.165) is 17.1 Å². The Labute approximate surface area is 345 Å². The Bertz CT molecular complexity index is 3150. The van der Waals surface area contributed by atoms with Gasteiger partial charge in [0.2, 0.25) is 0 Å². The minimum absolute atomic E-state index is 0.0949. The van der Waals surface area contributed by atoms with Crippen molar-refractivity contribution in [3.8, 4) is 50.2 Å². The third kappa shape index (κ3) is 5.87. The quantitative estimate of drug-likeness (QED) is 0.157. The molecule has 11 rings (SSSR count). The van der Waals surface area contributed by atoms with Crippen LogP contribution in [0.15, 0.2) is 218 Å². The molecule has 1 aliphatic carbocycles. The van der Waals surface area contributed by atoms with E-state index in [0.29, 0.717) is 0 Å². The first-order chi connectivity index (χ1) is 29.0. The molecule has 59 heavy (non-hydrogen) atoms. The molecule has 0 amide bonds. The summed E-state index contributed by atoms with van der Waals surface area (Å²) < 4.78 is 2.37. The summed E-state index contributed by atoms with van der Waals surface area (Å²) in [6, 6.07) is 79.7. The van der Waals surface area contributed by atoms with Crippen LogP contribution in [0.1, 0.15) is 25.0 Å². The smallest absolute Gasteiger partial charge is 0.0541 e. The molecule has 0 saturated heterocycles. The van der Waals surface area contributed by atoms with Crippen LogP contribution in [0.25, 0.3) is 72.0 Å². The van der Waals surface area contributed by atoms with Gasteiger partial charge in [-0.3, -0.25) is 0 Å². The lowest BCUT2D eigenvalue weighted by Gasteiger charge is -2.28. The van der Waals surface area contributed by atoms with Crippen LogP contribution in [0, 0.1) is 0 Å². The van der Waals surface area contributed by atoms with Crippen LogP contribution in [0.4, 0.5) is 17.1 Å². The minimum atomic E-state index is -0.0949. The van der Waals surface area contributed by atoms with Gasteiger partial charge in [-0.25, -0.2) is 0 Å². The van der Waals surface area contributed by atoms with Gasteiger partial charge in [0.25, 0.3) is 0 Å². The van der Waals surface area contributed by atoms with E-state index in [2.05, 4.69) is 242 Å². The molecular formula is C57H42N2. The fourth-order valence-corrected chi connectivity index (χ4v) is 9.40. The van der Waals surface area contributed by atoms with Gasteiger partial charge in [0, 0.05) is 38.9 Å². The molecule has 1 aliphatic rings. The number of hydrogen-bond acceptors (Lipinski definition) is 1. The molecule has 0 saturated carbocycles. The Morgan fingerprint density at radius 2 is 0.864 bits per heavy atom. The van der Waals surface area contributed by atoms with E-state index >= 15 is 0 Å². The molecule has 0 unspecified atom stereocenters. The highest BCUT2D eigenvalue weighted by Gasteiger charge is 2.35. The van der Waals surface area contributed by atoms with Crippen LogP contribution in [0.3, 0.4) is 0 Å². The maximum absolute atomic E-state index is 2.41. The summed E-state index contributed by atoms with van der Waals surface area (Å²) in [7, 11) is 0. The topological polar surface area (TPSA) is 8.17 Å². The van der Waals surface area contributed by atoms with Gasteiger partial charge in [-0.1, -0.05) is 166 Å². The monoisotopic (exact) mass is 754 g/mol. The SMILES string of the molecule is CC1(C)c2ccccc2-c2ccc(N(c3ccc(-c4ccc(-c5ccc6c(c5)c5ccccc5n6-c5ccccc5)cc4)cc3)c3cccc(-c4ccccc4)c3)cc21. The van der Waals surface area contributed by atoms with Gasteiger partial charge in [0.05, 0.1) is 11.0 Å². The Hall–Kier alpha value is -7.42. The first kappa shape index (κ1) is 34.8. The first-order valence-electron chi connectivity index (χ1n) is 20.5. The molecule has 9 aromatic carbocycles. The summed E-state index contributed by atoms with van der Waals surface area (Å²) in [5.41, 5.74) is 19.5. The lowest BCUT2D eigenvalue weighted by molar-refractivity contribution is 0.660. The fraction of sp³-hybridized carbons (Fsp3) is 0.0526. The van der Waals surface area contributed by atoms with Gasteiger partial charge in [-0.15, -0.1) is 0 Å². The van der Waals surface area contributed by atoms with E-state index in [-0.39, 0.29) is 5.41 Å². The van der Waals surface area contributed by atoms with Crippen LogP contribution < -0.4 is 4.90 Å². The van der Waals surface area contributed by atoms with E-state index in [4.69, 9.17) is 0 Å². The van der Waals surface area contributed by atoms with Gasteiger partial charge in [0.15, 0.2) is 0 Å². The largest absolute Gasteiger partial charge is 0.310 e. The summed E-state index contributed by atoms with van der Waals surface area (Å²) in [5, 5.41) is 2.52. The van der Waals surface area contributed by atoms with Gasteiger partial charge in [-0.05, 0) is 122 Å². The molecule has 2 heteroatoms. The second-order valence-corrected chi connectivity index (χ2v) is 16.2. The number of para-hydroxylation sites is 2. The van der Waals surface area contributed by atoms with Crippen molar-refractivity contribution in [2.45, 2.75) is 19.3 Å². The summed E-state index contributed by atoms with van der Waals surface area (Å²) >= 11 is 0. The standard InChI is InChI=1S/C57H42N2/c1-57(2)53-22-11-9-20-49(53)50-34-33-48(38-54(50)57)58(47-19-13-16-43(36-47)39-14-5-3-6-15-39)46-31-28-41(29-32-46)40-24-26-42(27-25-40)44-30-35-56-52(37-44)51-21-10-12-23-55(51)59(56)45-17-7-4-8-18-45/h3-38H,1-2H3. The number of nitrogens with zero attached hydrogens (tertiary/aromatic N) is 2. The number of hydrogen-bond donors (Lipinski definition) is 0. The van der Waals surface area contributed by atoms with Crippen molar-refractivity contribution < 1.29 is 0 Å². The normalized spacial score (nSPS) is 12.7. The fourth-order valence-electron chi connectivity index (χ4n) is 9.40. The Morgan fingerprint density at radius 3 is 1.64 bits per heavy atom. The molecule has 0 aliphatic heterocycles. The van der Waals surface area contributed by atoms with Gasteiger partial charge in [0.1, 0.15) is 0 Å². The molecule has 10 aromatic rings. The average molecular weight is 755 g/mol. The summed E-state index contributed by atoms with van der Waals surface area (Å²) in [6.07, 6.45) is 0. The lowest BCUT2D eigenvalue weighted by atomic mass is 9.82. The highest BCUT2D eigenvalue weighted by Crippen LogP contribution is 2.51. The lowest BCUT2D eigenvalue weighted by Crippen LogP contribution is -2.16. The third-order valence-corrected chi connectivity index (χ3v) is 12.4. The van der Waals surface area contributed by atoms with Gasteiger partial charge in [-0.2, -0.15) is 0 Å². The molecule has 0 bridgehead atoms. The Morgan fingerprint density at radius 1 is 0.339 bits per heavy atom. The zero-order valence-electron chi connectivity index (χ0n) is 33.2.